The van der Waals surface area contributed by atoms with Crippen LogP contribution in [0.3, 0.4) is 0 Å². The molecule has 28 heavy (non-hydrogen) atoms. The van der Waals surface area contributed by atoms with Crippen LogP contribution in [-0.4, -0.2) is 16.9 Å². The van der Waals surface area contributed by atoms with Crippen molar-refractivity contribution < 1.29 is 27.4 Å². The number of esters is 1. The molecule has 1 heterocycles. The van der Waals surface area contributed by atoms with Gasteiger partial charge in [0.2, 0.25) is 0 Å². The first kappa shape index (κ1) is 20.1. The van der Waals surface area contributed by atoms with E-state index in [2.05, 4.69) is 4.74 Å². The van der Waals surface area contributed by atoms with E-state index in [-0.39, 0.29) is 5.75 Å². The summed E-state index contributed by atoms with van der Waals surface area (Å²) in [5.74, 6) is -0.400. The lowest BCUT2D eigenvalue weighted by atomic mass is 10.1. The molecule has 0 spiro atoms. The molecule has 0 aliphatic carbocycles. The molecule has 0 amide bonds. The molecule has 0 N–H and O–H groups in total. The van der Waals surface area contributed by atoms with Gasteiger partial charge >= 0.3 is 12.3 Å². The molecule has 0 bridgehead atoms. The first-order chi connectivity index (χ1) is 13.0. The normalized spacial score (nSPS) is 11.7. The molecule has 2 aromatic carbocycles. The van der Waals surface area contributed by atoms with Crippen LogP contribution in [-0.2, 0) is 11.3 Å². The van der Waals surface area contributed by atoms with Crippen molar-refractivity contribution in [2.24, 2.45) is 0 Å². The van der Waals surface area contributed by atoms with Gasteiger partial charge in [0, 0.05) is 35.6 Å². The number of nitrogens with zero attached hydrogens (tertiary/aromatic N) is 1. The zero-order chi connectivity index (χ0) is 20.6. The van der Waals surface area contributed by atoms with Crippen LogP contribution in [0.15, 0.2) is 36.4 Å². The molecule has 3 aromatic rings. The van der Waals surface area contributed by atoms with Gasteiger partial charge in [0.1, 0.15) is 11.5 Å². The Morgan fingerprint density at radius 3 is 2.54 bits per heavy atom. The van der Waals surface area contributed by atoms with Gasteiger partial charge in [-0.15, -0.1) is 13.2 Å². The molecule has 1 aromatic heterocycles. The number of carbonyl (C=O) groups excluding carboxylic acids is 1. The number of halogens is 4. The van der Waals surface area contributed by atoms with Crippen molar-refractivity contribution in [3.63, 3.8) is 0 Å². The lowest BCUT2D eigenvalue weighted by Gasteiger charge is -2.12. The van der Waals surface area contributed by atoms with E-state index in [1.807, 2.05) is 18.4 Å². The maximum Gasteiger partial charge on any atom is 0.573 e. The number of aryl methyl sites for hydroxylation is 1. The summed E-state index contributed by atoms with van der Waals surface area (Å²) in [4.78, 5) is 11.4. The standard InChI is InChI=1S/C20H17ClF3NO3/c1-11-12(2)25(10-14-5-4-6-16(7-14)28-20(22,23)24)17-8-15(21)9-18(19(11)17)27-13(3)26/h4-9H,10H2,1-3H3. The first-order valence-electron chi connectivity index (χ1n) is 8.37. The van der Waals surface area contributed by atoms with Crippen molar-refractivity contribution in [3.05, 3.63) is 58.2 Å². The van der Waals surface area contributed by atoms with Gasteiger partial charge in [0.05, 0.1) is 5.52 Å². The number of benzene rings is 2. The van der Waals surface area contributed by atoms with Crippen molar-refractivity contribution in [1.29, 1.82) is 0 Å². The lowest BCUT2D eigenvalue weighted by molar-refractivity contribution is -0.274. The molecular weight excluding hydrogens is 395 g/mol. The molecule has 0 radical (unpaired) electrons. The minimum atomic E-state index is -4.75. The Kier molecular flexibility index (Phi) is 5.30. The van der Waals surface area contributed by atoms with E-state index < -0.39 is 12.3 Å². The quantitative estimate of drug-likeness (QED) is 0.403. The summed E-state index contributed by atoms with van der Waals surface area (Å²) in [5.41, 5.74) is 3.12. The van der Waals surface area contributed by atoms with Crippen LogP contribution in [0.25, 0.3) is 10.9 Å². The molecule has 0 saturated heterocycles. The second-order valence-electron chi connectivity index (χ2n) is 6.38. The van der Waals surface area contributed by atoms with E-state index in [1.54, 1.807) is 18.2 Å². The highest BCUT2D eigenvalue weighted by molar-refractivity contribution is 6.31. The molecule has 148 valence electrons. The van der Waals surface area contributed by atoms with Crippen LogP contribution in [0.4, 0.5) is 13.2 Å². The van der Waals surface area contributed by atoms with Crippen molar-refractivity contribution in [2.75, 3.05) is 0 Å². The zero-order valence-electron chi connectivity index (χ0n) is 15.4. The Bertz CT molecular complexity index is 1060. The molecule has 0 unspecified atom stereocenters. The number of fused-ring (bicyclic) bond motifs is 1. The van der Waals surface area contributed by atoms with Gasteiger partial charge in [-0.25, -0.2) is 0 Å². The Balaban J connectivity index is 2.07. The molecule has 0 aliphatic rings. The van der Waals surface area contributed by atoms with Gasteiger partial charge in [0.15, 0.2) is 0 Å². The van der Waals surface area contributed by atoms with Crippen LogP contribution in [0.2, 0.25) is 5.02 Å². The smallest absolute Gasteiger partial charge is 0.426 e. The van der Waals surface area contributed by atoms with Crippen molar-refractivity contribution in [1.82, 2.24) is 4.57 Å². The Morgan fingerprint density at radius 2 is 1.89 bits per heavy atom. The largest absolute Gasteiger partial charge is 0.573 e. The highest BCUT2D eigenvalue weighted by Crippen LogP contribution is 2.36. The van der Waals surface area contributed by atoms with Gasteiger partial charge in [-0.1, -0.05) is 23.7 Å². The van der Waals surface area contributed by atoms with E-state index >= 15 is 0 Å². The van der Waals surface area contributed by atoms with Gasteiger partial charge in [-0.3, -0.25) is 4.79 Å². The summed E-state index contributed by atoms with van der Waals surface area (Å²) in [6.07, 6.45) is -4.75. The van der Waals surface area contributed by atoms with Gasteiger partial charge < -0.3 is 14.0 Å². The minimum Gasteiger partial charge on any atom is -0.426 e. The maximum absolute atomic E-state index is 12.5. The average Bonchev–Trinajstić information content (AvgIpc) is 2.78. The fourth-order valence-corrected chi connectivity index (χ4v) is 3.39. The maximum atomic E-state index is 12.5. The fraction of sp³-hybridized carbons (Fsp3) is 0.250. The summed E-state index contributed by atoms with van der Waals surface area (Å²) in [7, 11) is 0. The zero-order valence-corrected chi connectivity index (χ0v) is 16.1. The van der Waals surface area contributed by atoms with Crippen molar-refractivity contribution in [3.8, 4) is 11.5 Å². The SMILES string of the molecule is CC(=O)Oc1cc(Cl)cc2c1c(C)c(C)n2Cc1cccc(OC(F)(F)F)c1. The number of hydrogen-bond acceptors (Lipinski definition) is 3. The van der Waals surface area contributed by atoms with Crippen LogP contribution < -0.4 is 9.47 Å². The summed E-state index contributed by atoms with van der Waals surface area (Å²) in [6, 6.07) is 9.10. The third-order valence-electron chi connectivity index (χ3n) is 4.39. The molecule has 8 heteroatoms. The van der Waals surface area contributed by atoms with E-state index in [1.165, 1.54) is 25.1 Å². The topological polar surface area (TPSA) is 40.5 Å². The van der Waals surface area contributed by atoms with E-state index in [0.29, 0.717) is 22.9 Å². The molecular formula is C20H17ClF3NO3. The van der Waals surface area contributed by atoms with Crippen LogP contribution in [0.5, 0.6) is 11.5 Å². The highest BCUT2D eigenvalue weighted by Gasteiger charge is 2.31. The molecule has 0 aliphatic heterocycles. The third kappa shape index (κ3) is 4.25. The van der Waals surface area contributed by atoms with Crippen LogP contribution in [0, 0.1) is 13.8 Å². The average molecular weight is 412 g/mol. The monoisotopic (exact) mass is 411 g/mol. The van der Waals surface area contributed by atoms with Gasteiger partial charge in [0.25, 0.3) is 0 Å². The molecule has 0 fully saturated rings. The predicted molar refractivity (Wildman–Crippen MR) is 100.0 cm³/mol. The summed E-state index contributed by atoms with van der Waals surface area (Å²) in [5, 5.41) is 1.12. The summed E-state index contributed by atoms with van der Waals surface area (Å²) >= 11 is 6.19. The van der Waals surface area contributed by atoms with Crippen molar-refractivity contribution >= 4 is 28.5 Å². The van der Waals surface area contributed by atoms with Crippen LogP contribution >= 0.6 is 11.6 Å². The predicted octanol–water partition coefficient (Wildman–Crippen LogP) is 5.78. The van der Waals surface area contributed by atoms with E-state index in [0.717, 1.165) is 22.2 Å². The first-order valence-corrected chi connectivity index (χ1v) is 8.75. The third-order valence-corrected chi connectivity index (χ3v) is 4.60. The second kappa shape index (κ2) is 7.39. The number of hydrogen-bond donors (Lipinski definition) is 0. The molecule has 3 rings (SSSR count). The van der Waals surface area contributed by atoms with Gasteiger partial charge in [-0.05, 0) is 43.2 Å². The minimum absolute atomic E-state index is 0.283. The Morgan fingerprint density at radius 1 is 1.18 bits per heavy atom. The number of alkyl halides is 3. The van der Waals surface area contributed by atoms with Gasteiger partial charge in [-0.2, -0.15) is 0 Å². The number of ether oxygens (including phenoxy) is 2. The summed E-state index contributed by atoms with van der Waals surface area (Å²) < 4.78 is 48.7. The number of carbonyl (C=O) groups is 1. The van der Waals surface area contributed by atoms with Crippen molar-refractivity contribution in [2.45, 2.75) is 33.7 Å². The Hall–Kier alpha value is -2.67. The lowest BCUT2D eigenvalue weighted by Crippen LogP contribution is -2.17. The fourth-order valence-electron chi connectivity index (χ4n) is 3.18. The highest BCUT2D eigenvalue weighted by atomic mass is 35.5. The molecule has 4 nitrogen and oxygen atoms in total. The molecule has 0 saturated carbocycles. The number of aromatic nitrogens is 1. The molecule has 0 atom stereocenters. The number of rotatable bonds is 4. The van der Waals surface area contributed by atoms with E-state index in [4.69, 9.17) is 16.3 Å². The van der Waals surface area contributed by atoms with E-state index in [9.17, 15) is 18.0 Å². The Labute approximate surface area is 164 Å². The van der Waals surface area contributed by atoms with Crippen LogP contribution in [0.1, 0.15) is 23.7 Å². The summed E-state index contributed by atoms with van der Waals surface area (Å²) in [6.45, 7) is 5.37. The second-order valence-corrected chi connectivity index (χ2v) is 6.82.